The van der Waals surface area contributed by atoms with Crippen molar-refractivity contribution in [2.45, 2.75) is 13.3 Å². The smallest absolute Gasteiger partial charge is 0.255 e. The second kappa shape index (κ2) is 6.52. The Kier molecular flexibility index (Phi) is 4.28. The van der Waals surface area contributed by atoms with Crippen molar-refractivity contribution in [1.82, 2.24) is 5.32 Å². The van der Waals surface area contributed by atoms with Gasteiger partial charge in [0.15, 0.2) is 0 Å². The number of carbonyl (C=O) groups is 2. The van der Waals surface area contributed by atoms with Gasteiger partial charge in [0.2, 0.25) is 0 Å². The Balaban J connectivity index is 1.75. The third-order valence-corrected chi connectivity index (χ3v) is 3.72. The van der Waals surface area contributed by atoms with Gasteiger partial charge in [-0.3, -0.25) is 9.59 Å². The largest absolute Gasteiger partial charge is 0.494 e. The van der Waals surface area contributed by atoms with Crippen LogP contribution in [0.25, 0.3) is 0 Å². The minimum atomic E-state index is -0.218. The third-order valence-electron chi connectivity index (χ3n) is 3.72. The lowest BCUT2D eigenvalue weighted by Crippen LogP contribution is -2.31. The zero-order valence-corrected chi connectivity index (χ0v) is 12.9. The van der Waals surface area contributed by atoms with Crippen molar-refractivity contribution in [3.63, 3.8) is 0 Å². The molecule has 5 heteroatoms. The summed E-state index contributed by atoms with van der Waals surface area (Å²) in [6.07, 6.45) is 0.814. The summed E-state index contributed by atoms with van der Waals surface area (Å²) in [5.74, 6) is 0.419. The Morgan fingerprint density at radius 2 is 2.00 bits per heavy atom. The van der Waals surface area contributed by atoms with E-state index in [9.17, 15) is 9.59 Å². The number of benzene rings is 2. The Morgan fingerprint density at radius 1 is 1.22 bits per heavy atom. The van der Waals surface area contributed by atoms with Gasteiger partial charge in [0.05, 0.1) is 6.61 Å². The molecule has 0 atom stereocenters. The fourth-order valence-electron chi connectivity index (χ4n) is 2.56. The van der Waals surface area contributed by atoms with Gasteiger partial charge in [0, 0.05) is 23.4 Å². The first-order chi connectivity index (χ1) is 11.2. The van der Waals surface area contributed by atoms with E-state index in [1.165, 1.54) is 0 Å². The standard InChI is InChI=1S/C18H18N2O3/c1-2-23-15-7-4-13(5-8-15)17(21)20-14-6-3-12-9-10-19-18(22)16(12)11-14/h3-8,11H,2,9-10H2,1H3,(H,19,22)(H,20,21). The molecule has 0 bridgehead atoms. The fraction of sp³-hybridized carbons (Fsp3) is 0.222. The van der Waals surface area contributed by atoms with Crippen molar-refractivity contribution < 1.29 is 14.3 Å². The van der Waals surface area contributed by atoms with Gasteiger partial charge in [0.1, 0.15) is 5.75 Å². The first kappa shape index (κ1) is 15.1. The molecule has 0 unspecified atom stereocenters. The minimum Gasteiger partial charge on any atom is -0.494 e. The highest BCUT2D eigenvalue weighted by Gasteiger charge is 2.17. The number of nitrogens with one attached hydrogen (secondary N) is 2. The molecule has 0 spiro atoms. The van der Waals surface area contributed by atoms with Crippen molar-refractivity contribution in [2.24, 2.45) is 0 Å². The van der Waals surface area contributed by atoms with Crippen LogP contribution in [0.1, 0.15) is 33.2 Å². The third kappa shape index (κ3) is 3.34. The van der Waals surface area contributed by atoms with Crippen LogP contribution in [-0.2, 0) is 6.42 Å². The summed E-state index contributed by atoms with van der Waals surface area (Å²) >= 11 is 0. The number of carbonyl (C=O) groups excluding carboxylic acids is 2. The van der Waals surface area contributed by atoms with Crippen LogP contribution in [0.5, 0.6) is 5.75 Å². The summed E-state index contributed by atoms with van der Waals surface area (Å²) in [5, 5.41) is 5.62. The number of rotatable bonds is 4. The molecule has 0 fully saturated rings. The normalized spacial score (nSPS) is 13.0. The number of ether oxygens (including phenoxy) is 1. The van der Waals surface area contributed by atoms with Crippen LogP contribution in [0.4, 0.5) is 5.69 Å². The number of fused-ring (bicyclic) bond motifs is 1. The van der Waals surface area contributed by atoms with Gasteiger partial charge in [0.25, 0.3) is 11.8 Å². The van der Waals surface area contributed by atoms with E-state index in [1.807, 2.05) is 19.1 Å². The van der Waals surface area contributed by atoms with Gasteiger partial charge >= 0.3 is 0 Å². The molecule has 118 valence electrons. The van der Waals surface area contributed by atoms with E-state index in [0.29, 0.717) is 30.0 Å². The summed E-state index contributed by atoms with van der Waals surface area (Å²) in [7, 11) is 0. The summed E-state index contributed by atoms with van der Waals surface area (Å²) in [5.41, 5.74) is 2.78. The molecule has 1 heterocycles. The van der Waals surface area contributed by atoms with Gasteiger partial charge in [-0.1, -0.05) is 6.07 Å². The molecule has 23 heavy (non-hydrogen) atoms. The molecule has 2 aromatic rings. The summed E-state index contributed by atoms with van der Waals surface area (Å²) < 4.78 is 5.36. The molecule has 0 saturated carbocycles. The fourth-order valence-corrected chi connectivity index (χ4v) is 2.56. The molecule has 1 aliphatic rings. The second-order valence-electron chi connectivity index (χ2n) is 5.29. The average Bonchev–Trinajstić information content (AvgIpc) is 2.56. The van der Waals surface area contributed by atoms with Crippen LogP contribution >= 0.6 is 0 Å². The highest BCUT2D eigenvalue weighted by Crippen LogP contribution is 2.20. The molecule has 3 rings (SSSR count). The predicted molar refractivity (Wildman–Crippen MR) is 88.0 cm³/mol. The number of hydrogen-bond acceptors (Lipinski definition) is 3. The lowest BCUT2D eigenvalue weighted by Gasteiger charge is -2.17. The number of hydrogen-bond donors (Lipinski definition) is 2. The van der Waals surface area contributed by atoms with E-state index >= 15 is 0 Å². The topological polar surface area (TPSA) is 67.4 Å². The molecule has 5 nitrogen and oxygen atoms in total. The molecule has 2 aromatic carbocycles. The number of anilines is 1. The molecule has 1 aliphatic heterocycles. The van der Waals surface area contributed by atoms with Crippen LogP contribution in [0.2, 0.25) is 0 Å². The zero-order valence-electron chi connectivity index (χ0n) is 12.9. The van der Waals surface area contributed by atoms with Crippen molar-refractivity contribution in [3.05, 3.63) is 59.2 Å². The molecular weight excluding hydrogens is 292 g/mol. The Hall–Kier alpha value is -2.82. The molecule has 2 N–H and O–H groups in total. The second-order valence-corrected chi connectivity index (χ2v) is 5.29. The van der Waals surface area contributed by atoms with E-state index in [4.69, 9.17) is 4.74 Å². The minimum absolute atomic E-state index is 0.0941. The maximum absolute atomic E-state index is 12.3. The Labute approximate surface area is 134 Å². The maximum atomic E-state index is 12.3. The first-order valence-electron chi connectivity index (χ1n) is 7.62. The van der Waals surface area contributed by atoms with Gasteiger partial charge in [-0.25, -0.2) is 0 Å². The molecule has 0 aliphatic carbocycles. The zero-order chi connectivity index (χ0) is 16.2. The van der Waals surface area contributed by atoms with Gasteiger partial charge in [-0.2, -0.15) is 0 Å². The summed E-state index contributed by atoms with van der Waals surface area (Å²) in [6, 6.07) is 12.4. The molecule has 0 saturated heterocycles. The highest BCUT2D eigenvalue weighted by atomic mass is 16.5. The van der Waals surface area contributed by atoms with E-state index < -0.39 is 0 Å². The van der Waals surface area contributed by atoms with Crippen molar-refractivity contribution in [2.75, 3.05) is 18.5 Å². The van der Waals surface area contributed by atoms with Crippen LogP contribution in [0, 0.1) is 0 Å². The van der Waals surface area contributed by atoms with Gasteiger partial charge < -0.3 is 15.4 Å². The van der Waals surface area contributed by atoms with E-state index in [0.717, 1.165) is 17.7 Å². The van der Waals surface area contributed by atoms with Crippen molar-refractivity contribution in [3.8, 4) is 5.75 Å². The number of amides is 2. The van der Waals surface area contributed by atoms with Crippen LogP contribution in [0.3, 0.4) is 0 Å². The van der Waals surface area contributed by atoms with E-state index in [2.05, 4.69) is 10.6 Å². The quantitative estimate of drug-likeness (QED) is 0.912. The highest BCUT2D eigenvalue weighted by molar-refractivity contribution is 6.05. The lowest BCUT2D eigenvalue weighted by molar-refractivity contribution is 0.0944. The van der Waals surface area contributed by atoms with E-state index in [1.54, 1.807) is 30.3 Å². The van der Waals surface area contributed by atoms with E-state index in [-0.39, 0.29) is 11.8 Å². The molecule has 2 amide bonds. The lowest BCUT2D eigenvalue weighted by atomic mass is 10.00. The van der Waals surface area contributed by atoms with Crippen molar-refractivity contribution >= 4 is 17.5 Å². The van der Waals surface area contributed by atoms with Crippen LogP contribution in [0.15, 0.2) is 42.5 Å². The SMILES string of the molecule is CCOc1ccc(C(=O)Nc2ccc3c(c2)C(=O)NCC3)cc1. The molecule has 0 radical (unpaired) electrons. The van der Waals surface area contributed by atoms with Crippen LogP contribution in [-0.4, -0.2) is 25.0 Å². The monoisotopic (exact) mass is 310 g/mol. The average molecular weight is 310 g/mol. The predicted octanol–water partition coefficient (Wildman–Crippen LogP) is 2.62. The van der Waals surface area contributed by atoms with Crippen LogP contribution < -0.4 is 15.4 Å². The van der Waals surface area contributed by atoms with Gasteiger partial charge in [-0.05, 0) is 55.3 Å². The molecular formula is C18H18N2O3. The molecule has 0 aromatic heterocycles. The maximum Gasteiger partial charge on any atom is 0.255 e. The first-order valence-corrected chi connectivity index (χ1v) is 7.62. The summed E-state index contributed by atoms with van der Waals surface area (Å²) in [6.45, 7) is 3.15. The summed E-state index contributed by atoms with van der Waals surface area (Å²) in [4.78, 5) is 24.1. The Bertz CT molecular complexity index is 738. The Morgan fingerprint density at radius 3 is 2.74 bits per heavy atom. The van der Waals surface area contributed by atoms with Crippen molar-refractivity contribution in [1.29, 1.82) is 0 Å². The van der Waals surface area contributed by atoms with Gasteiger partial charge in [-0.15, -0.1) is 0 Å².